The zero-order chi connectivity index (χ0) is 12.1. The number of amides is 1. The molecule has 0 fully saturated rings. The molecule has 0 spiro atoms. The van der Waals surface area contributed by atoms with Crippen LogP contribution in [0.25, 0.3) is 0 Å². The first-order valence-electron chi connectivity index (χ1n) is 5.40. The van der Waals surface area contributed by atoms with E-state index in [1.807, 2.05) is 29.1 Å². The summed E-state index contributed by atoms with van der Waals surface area (Å²) in [5.41, 5.74) is 0.636. The zero-order valence-corrected chi connectivity index (χ0v) is 9.55. The molecular formula is C12H14N2O3. The molecule has 5 nitrogen and oxygen atoms in total. The van der Waals surface area contributed by atoms with Gasteiger partial charge in [-0.05, 0) is 19.1 Å². The van der Waals surface area contributed by atoms with E-state index in [9.17, 15) is 4.79 Å². The molecule has 5 heteroatoms. The number of hydrogen-bond donors (Lipinski definition) is 1. The number of anilines is 1. The summed E-state index contributed by atoms with van der Waals surface area (Å²) in [6.45, 7) is 2.67. The molecule has 0 saturated heterocycles. The van der Waals surface area contributed by atoms with Gasteiger partial charge >= 0.3 is 6.09 Å². The summed E-state index contributed by atoms with van der Waals surface area (Å²) >= 11 is 0. The highest BCUT2D eigenvalue weighted by atomic mass is 16.5. The second-order valence-corrected chi connectivity index (χ2v) is 3.46. The van der Waals surface area contributed by atoms with Gasteiger partial charge in [0.15, 0.2) is 0 Å². The first-order chi connectivity index (χ1) is 8.29. The Balaban J connectivity index is 2.04. The highest BCUT2D eigenvalue weighted by molar-refractivity contribution is 5.85. The summed E-state index contributed by atoms with van der Waals surface area (Å²) < 4.78 is 12.1. The highest BCUT2D eigenvalue weighted by Gasteiger charge is 2.10. The van der Waals surface area contributed by atoms with Crippen LogP contribution in [0.15, 0.2) is 41.3 Å². The molecule has 0 bridgehead atoms. The molecule has 0 unspecified atom stereocenters. The van der Waals surface area contributed by atoms with Crippen molar-refractivity contribution in [3.63, 3.8) is 0 Å². The van der Waals surface area contributed by atoms with Crippen LogP contribution in [0.2, 0.25) is 0 Å². The van der Waals surface area contributed by atoms with Crippen molar-refractivity contribution in [2.75, 3.05) is 11.9 Å². The average molecular weight is 234 g/mol. The molecule has 0 aliphatic rings. The van der Waals surface area contributed by atoms with E-state index in [2.05, 4.69) is 5.32 Å². The van der Waals surface area contributed by atoms with Crippen molar-refractivity contribution < 1.29 is 13.9 Å². The molecule has 2 aromatic rings. The van der Waals surface area contributed by atoms with Gasteiger partial charge < -0.3 is 13.7 Å². The number of aromatic nitrogens is 1. The van der Waals surface area contributed by atoms with Crippen LogP contribution in [0.1, 0.15) is 12.7 Å². The second-order valence-electron chi connectivity index (χ2n) is 3.46. The minimum Gasteiger partial charge on any atom is -0.465 e. The molecule has 2 aromatic heterocycles. The monoisotopic (exact) mass is 234 g/mol. The van der Waals surface area contributed by atoms with Crippen molar-refractivity contribution in [2.24, 2.45) is 0 Å². The SMILES string of the molecule is CCOC(=O)Nc1ccoc1Cn1cccc1. The normalized spacial score (nSPS) is 10.2. The van der Waals surface area contributed by atoms with Crippen LogP contribution in [0.5, 0.6) is 0 Å². The fourth-order valence-corrected chi connectivity index (χ4v) is 1.49. The van der Waals surface area contributed by atoms with Crippen molar-refractivity contribution in [3.8, 4) is 0 Å². The fraction of sp³-hybridized carbons (Fsp3) is 0.250. The van der Waals surface area contributed by atoms with Crippen LogP contribution >= 0.6 is 0 Å². The lowest BCUT2D eigenvalue weighted by Crippen LogP contribution is -2.14. The maximum Gasteiger partial charge on any atom is 0.411 e. The number of carbonyl (C=O) groups is 1. The predicted octanol–water partition coefficient (Wildman–Crippen LogP) is 2.70. The average Bonchev–Trinajstić information content (AvgIpc) is 2.92. The molecule has 0 radical (unpaired) electrons. The molecule has 2 heterocycles. The van der Waals surface area contributed by atoms with Crippen LogP contribution in [0, 0.1) is 0 Å². The lowest BCUT2D eigenvalue weighted by atomic mass is 10.3. The van der Waals surface area contributed by atoms with Gasteiger partial charge in [0.25, 0.3) is 0 Å². The third-order valence-corrected chi connectivity index (χ3v) is 2.25. The Bertz CT molecular complexity index is 474. The number of rotatable bonds is 4. The van der Waals surface area contributed by atoms with E-state index in [1.165, 1.54) is 0 Å². The van der Waals surface area contributed by atoms with Crippen LogP contribution in [0.4, 0.5) is 10.5 Å². The molecule has 0 aliphatic carbocycles. The summed E-state index contributed by atoms with van der Waals surface area (Å²) in [4.78, 5) is 11.3. The predicted molar refractivity (Wildman–Crippen MR) is 62.9 cm³/mol. The van der Waals surface area contributed by atoms with Gasteiger partial charge in [-0.2, -0.15) is 0 Å². The third-order valence-electron chi connectivity index (χ3n) is 2.25. The summed E-state index contributed by atoms with van der Waals surface area (Å²) in [5.74, 6) is 0.689. The first kappa shape index (κ1) is 11.3. The molecule has 2 rings (SSSR count). The number of hydrogen-bond acceptors (Lipinski definition) is 3. The van der Waals surface area contributed by atoms with Crippen LogP contribution < -0.4 is 5.32 Å². The number of furan rings is 1. The number of nitrogens with zero attached hydrogens (tertiary/aromatic N) is 1. The maximum absolute atomic E-state index is 11.3. The molecule has 17 heavy (non-hydrogen) atoms. The number of ether oxygens (including phenoxy) is 1. The Morgan fingerprint density at radius 3 is 2.94 bits per heavy atom. The van der Waals surface area contributed by atoms with E-state index in [0.29, 0.717) is 24.6 Å². The van der Waals surface area contributed by atoms with Gasteiger partial charge in [-0.3, -0.25) is 5.32 Å². The van der Waals surface area contributed by atoms with Gasteiger partial charge in [0.2, 0.25) is 0 Å². The number of nitrogens with one attached hydrogen (secondary N) is 1. The van der Waals surface area contributed by atoms with Gasteiger partial charge in [0.1, 0.15) is 5.76 Å². The van der Waals surface area contributed by atoms with Crippen molar-refractivity contribution >= 4 is 11.8 Å². The smallest absolute Gasteiger partial charge is 0.411 e. The maximum atomic E-state index is 11.3. The van der Waals surface area contributed by atoms with Crippen molar-refractivity contribution in [3.05, 3.63) is 42.6 Å². The fourth-order valence-electron chi connectivity index (χ4n) is 1.49. The molecule has 1 N–H and O–H groups in total. The molecular weight excluding hydrogens is 220 g/mol. The summed E-state index contributed by atoms with van der Waals surface area (Å²) in [5, 5.41) is 2.64. The standard InChI is InChI=1S/C12H14N2O3/c1-2-16-12(15)13-10-5-8-17-11(10)9-14-6-3-4-7-14/h3-8H,2,9H2,1H3,(H,13,15). The Morgan fingerprint density at radius 1 is 1.47 bits per heavy atom. The topological polar surface area (TPSA) is 56.4 Å². The molecule has 0 aliphatic heterocycles. The molecule has 0 saturated carbocycles. The van der Waals surface area contributed by atoms with E-state index in [4.69, 9.17) is 9.15 Å². The second kappa shape index (κ2) is 5.25. The quantitative estimate of drug-likeness (QED) is 0.884. The zero-order valence-electron chi connectivity index (χ0n) is 9.55. The minimum absolute atomic E-state index is 0.344. The van der Waals surface area contributed by atoms with Crippen molar-refractivity contribution in [1.29, 1.82) is 0 Å². The lowest BCUT2D eigenvalue weighted by molar-refractivity contribution is 0.168. The Hall–Kier alpha value is -2.17. The van der Waals surface area contributed by atoms with E-state index < -0.39 is 6.09 Å². The van der Waals surface area contributed by atoms with Crippen LogP contribution in [0.3, 0.4) is 0 Å². The largest absolute Gasteiger partial charge is 0.465 e. The van der Waals surface area contributed by atoms with Gasteiger partial charge in [0.05, 0.1) is 25.1 Å². The lowest BCUT2D eigenvalue weighted by Gasteiger charge is -2.06. The van der Waals surface area contributed by atoms with E-state index in [0.717, 1.165) is 0 Å². The highest BCUT2D eigenvalue weighted by Crippen LogP contribution is 2.18. The van der Waals surface area contributed by atoms with Crippen molar-refractivity contribution in [1.82, 2.24) is 4.57 Å². The molecule has 90 valence electrons. The Morgan fingerprint density at radius 2 is 2.24 bits per heavy atom. The van der Waals surface area contributed by atoms with Gasteiger partial charge in [-0.25, -0.2) is 4.79 Å². The molecule has 0 atom stereocenters. The van der Waals surface area contributed by atoms with Crippen LogP contribution in [-0.4, -0.2) is 17.3 Å². The summed E-state index contributed by atoms with van der Waals surface area (Å²) in [6, 6.07) is 5.57. The molecule has 0 aromatic carbocycles. The van der Waals surface area contributed by atoms with Gasteiger partial charge in [-0.1, -0.05) is 0 Å². The third kappa shape index (κ3) is 2.90. The van der Waals surface area contributed by atoms with E-state index >= 15 is 0 Å². The van der Waals surface area contributed by atoms with E-state index in [1.54, 1.807) is 19.3 Å². The Kier molecular flexibility index (Phi) is 3.49. The van der Waals surface area contributed by atoms with E-state index in [-0.39, 0.29) is 0 Å². The molecule has 1 amide bonds. The van der Waals surface area contributed by atoms with Gasteiger partial charge in [-0.15, -0.1) is 0 Å². The summed E-state index contributed by atoms with van der Waals surface area (Å²) in [7, 11) is 0. The van der Waals surface area contributed by atoms with Gasteiger partial charge in [0, 0.05) is 18.5 Å². The number of carbonyl (C=O) groups excluding carboxylic acids is 1. The van der Waals surface area contributed by atoms with Crippen molar-refractivity contribution in [2.45, 2.75) is 13.5 Å². The minimum atomic E-state index is -0.470. The van der Waals surface area contributed by atoms with Crippen LogP contribution in [-0.2, 0) is 11.3 Å². The first-order valence-corrected chi connectivity index (χ1v) is 5.40. The Labute approximate surface area is 99.0 Å². The summed E-state index contributed by atoms with van der Waals surface area (Å²) in [6.07, 6.45) is 4.93.